The summed E-state index contributed by atoms with van der Waals surface area (Å²) in [6.07, 6.45) is 6.87. The molecule has 0 aromatic heterocycles. The standard InChI is InChI=1S/C19H30ClNO.ClH/c1-3-21(4-2)15-14-19(22,16-8-6-5-7-9-16)17-10-12-18(20)13-11-17;/h10-13,16,22H,3-9,14-15H2,1-2H3;1H. The third-order valence-electron chi connectivity index (χ3n) is 5.33. The number of hydrogen-bond acceptors (Lipinski definition) is 2. The molecule has 1 aliphatic rings. The zero-order chi connectivity index (χ0) is 16.0. The fourth-order valence-corrected chi connectivity index (χ4v) is 3.90. The third-order valence-corrected chi connectivity index (χ3v) is 5.58. The highest BCUT2D eigenvalue weighted by Gasteiger charge is 2.38. The van der Waals surface area contributed by atoms with Crippen LogP contribution < -0.4 is 0 Å². The molecule has 2 nitrogen and oxygen atoms in total. The molecular formula is C19H31Cl2NO. The highest BCUT2D eigenvalue weighted by atomic mass is 35.5. The Labute approximate surface area is 152 Å². The van der Waals surface area contributed by atoms with E-state index in [1.165, 1.54) is 19.3 Å². The number of nitrogens with zero attached hydrogens (tertiary/aromatic N) is 1. The molecule has 4 heteroatoms. The van der Waals surface area contributed by atoms with Crippen LogP contribution in [-0.2, 0) is 5.60 Å². The minimum Gasteiger partial charge on any atom is -0.385 e. The van der Waals surface area contributed by atoms with Crippen LogP contribution in [0.5, 0.6) is 0 Å². The Balaban J connectivity index is 0.00000264. The van der Waals surface area contributed by atoms with Gasteiger partial charge in [0.05, 0.1) is 5.60 Å². The first-order valence-electron chi connectivity index (χ1n) is 8.81. The molecule has 2 rings (SSSR count). The molecule has 1 fully saturated rings. The lowest BCUT2D eigenvalue weighted by Crippen LogP contribution is -2.40. The van der Waals surface area contributed by atoms with E-state index in [9.17, 15) is 5.11 Å². The number of hydrogen-bond donors (Lipinski definition) is 1. The van der Waals surface area contributed by atoms with E-state index in [2.05, 4.69) is 18.7 Å². The normalized spacial score (nSPS) is 18.5. The van der Waals surface area contributed by atoms with E-state index in [4.69, 9.17) is 11.6 Å². The van der Waals surface area contributed by atoms with Crippen LogP contribution in [-0.4, -0.2) is 29.6 Å². The maximum absolute atomic E-state index is 11.6. The van der Waals surface area contributed by atoms with Crippen LogP contribution in [0.3, 0.4) is 0 Å². The van der Waals surface area contributed by atoms with Crippen molar-refractivity contribution in [3.63, 3.8) is 0 Å². The van der Waals surface area contributed by atoms with Gasteiger partial charge in [-0.05, 0) is 56.0 Å². The topological polar surface area (TPSA) is 23.5 Å². The van der Waals surface area contributed by atoms with Gasteiger partial charge in [0.15, 0.2) is 0 Å². The van der Waals surface area contributed by atoms with Crippen LogP contribution >= 0.6 is 24.0 Å². The smallest absolute Gasteiger partial charge is 0.0936 e. The van der Waals surface area contributed by atoms with Crippen molar-refractivity contribution in [3.8, 4) is 0 Å². The van der Waals surface area contributed by atoms with Crippen LogP contribution in [0, 0.1) is 5.92 Å². The van der Waals surface area contributed by atoms with Gasteiger partial charge in [0.25, 0.3) is 0 Å². The van der Waals surface area contributed by atoms with Crippen molar-refractivity contribution in [2.75, 3.05) is 19.6 Å². The Morgan fingerprint density at radius 3 is 2.17 bits per heavy atom. The molecule has 1 atom stereocenters. The SMILES string of the molecule is CCN(CC)CCC(O)(c1ccc(Cl)cc1)C1CCCCC1.Cl. The van der Waals surface area contributed by atoms with E-state index >= 15 is 0 Å². The fraction of sp³-hybridized carbons (Fsp3) is 0.684. The summed E-state index contributed by atoms with van der Waals surface area (Å²) in [5, 5.41) is 12.3. The van der Waals surface area contributed by atoms with E-state index < -0.39 is 5.60 Å². The zero-order valence-electron chi connectivity index (χ0n) is 14.4. The number of aliphatic hydroxyl groups is 1. The molecule has 1 saturated carbocycles. The Morgan fingerprint density at radius 2 is 1.65 bits per heavy atom. The van der Waals surface area contributed by atoms with E-state index in [0.717, 1.165) is 49.5 Å². The lowest BCUT2D eigenvalue weighted by molar-refractivity contribution is -0.0516. The average molecular weight is 360 g/mol. The van der Waals surface area contributed by atoms with Crippen molar-refractivity contribution in [2.24, 2.45) is 5.92 Å². The molecule has 0 radical (unpaired) electrons. The van der Waals surface area contributed by atoms with Gasteiger partial charge >= 0.3 is 0 Å². The van der Waals surface area contributed by atoms with Gasteiger partial charge in [0.2, 0.25) is 0 Å². The summed E-state index contributed by atoms with van der Waals surface area (Å²) in [6.45, 7) is 7.40. The second kappa shape index (κ2) is 9.88. The summed E-state index contributed by atoms with van der Waals surface area (Å²) in [5.41, 5.74) is 0.323. The molecule has 1 aromatic rings. The number of benzene rings is 1. The highest BCUT2D eigenvalue weighted by molar-refractivity contribution is 6.30. The largest absolute Gasteiger partial charge is 0.385 e. The van der Waals surface area contributed by atoms with Gasteiger partial charge < -0.3 is 10.0 Å². The van der Waals surface area contributed by atoms with Gasteiger partial charge in [-0.25, -0.2) is 0 Å². The van der Waals surface area contributed by atoms with E-state index in [-0.39, 0.29) is 12.4 Å². The summed E-state index contributed by atoms with van der Waals surface area (Å²) in [5.74, 6) is 0.373. The average Bonchev–Trinajstić information content (AvgIpc) is 2.57. The van der Waals surface area contributed by atoms with Crippen LogP contribution in [0.15, 0.2) is 24.3 Å². The fourth-order valence-electron chi connectivity index (χ4n) is 3.77. The van der Waals surface area contributed by atoms with Crippen molar-refractivity contribution >= 4 is 24.0 Å². The first-order valence-corrected chi connectivity index (χ1v) is 9.18. The molecule has 1 N–H and O–H groups in total. The molecule has 0 bridgehead atoms. The van der Waals surface area contributed by atoms with Gasteiger partial charge in [0, 0.05) is 11.6 Å². The summed E-state index contributed by atoms with van der Waals surface area (Å²) < 4.78 is 0. The molecule has 0 amide bonds. The quantitative estimate of drug-likeness (QED) is 0.717. The summed E-state index contributed by atoms with van der Waals surface area (Å²) in [7, 11) is 0. The predicted molar refractivity (Wildman–Crippen MR) is 102 cm³/mol. The molecule has 132 valence electrons. The van der Waals surface area contributed by atoms with Crippen molar-refractivity contribution in [1.29, 1.82) is 0 Å². The second-order valence-corrected chi connectivity index (χ2v) is 6.98. The maximum atomic E-state index is 11.6. The monoisotopic (exact) mass is 359 g/mol. The summed E-state index contributed by atoms with van der Waals surface area (Å²) in [6, 6.07) is 7.84. The van der Waals surface area contributed by atoms with Crippen molar-refractivity contribution < 1.29 is 5.11 Å². The van der Waals surface area contributed by atoms with Gasteiger partial charge in [0.1, 0.15) is 0 Å². The van der Waals surface area contributed by atoms with Crippen LogP contribution in [0.25, 0.3) is 0 Å². The maximum Gasteiger partial charge on any atom is 0.0936 e. The van der Waals surface area contributed by atoms with Gasteiger partial charge in [-0.1, -0.05) is 56.8 Å². The molecule has 1 aromatic carbocycles. The first-order chi connectivity index (χ1) is 10.6. The van der Waals surface area contributed by atoms with E-state index in [1.807, 2.05) is 24.3 Å². The number of rotatable bonds is 7. The lowest BCUT2D eigenvalue weighted by Gasteiger charge is -2.40. The Morgan fingerprint density at radius 1 is 1.09 bits per heavy atom. The Hall–Kier alpha value is -0.280. The molecule has 0 aliphatic heterocycles. The summed E-state index contributed by atoms with van der Waals surface area (Å²) in [4.78, 5) is 2.39. The van der Waals surface area contributed by atoms with Gasteiger partial charge in [-0.3, -0.25) is 0 Å². The minimum atomic E-state index is -0.715. The zero-order valence-corrected chi connectivity index (χ0v) is 16.0. The van der Waals surface area contributed by atoms with Crippen LogP contribution in [0.4, 0.5) is 0 Å². The highest BCUT2D eigenvalue weighted by Crippen LogP contribution is 2.42. The predicted octanol–water partition coefficient (Wildman–Crippen LogP) is 5.26. The Bertz CT molecular complexity index is 441. The molecule has 0 saturated heterocycles. The first kappa shape index (κ1) is 20.8. The van der Waals surface area contributed by atoms with Crippen molar-refractivity contribution in [1.82, 2.24) is 4.90 Å². The molecule has 23 heavy (non-hydrogen) atoms. The van der Waals surface area contributed by atoms with E-state index in [0.29, 0.717) is 5.92 Å². The minimum absolute atomic E-state index is 0. The van der Waals surface area contributed by atoms with Gasteiger partial charge in [-0.2, -0.15) is 0 Å². The van der Waals surface area contributed by atoms with Crippen LogP contribution in [0.1, 0.15) is 57.9 Å². The third kappa shape index (κ3) is 5.35. The molecule has 1 aliphatic carbocycles. The molecule has 1 unspecified atom stereocenters. The molecule has 0 spiro atoms. The van der Waals surface area contributed by atoms with Gasteiger partial charge in [-0.15, -0.1) is 12.4 Å². The Kier molecular flexibility index (Phi) is 8.92. The van der Waals surface area contributed by atoms with Crippen molar-refractivity contribution in [3.05, 3.63) is 34.9 Å². The molecule has 0 heterocycles. The van der Waals surface area contributed by atoms with Crippen molar-refractivity contribution in [2.45, 2.75) is 58.0 Å². The second-order valence-electron chi connectivity index (χ2n) is 6.54. The van der Waals surface area contributed by atoms with Crippen LogP contribution in [0.2, 0.25) is 5.02 Å². The lowest BCUT2D eigenvalue weighted by atomic mass is 9.71. The summed E-state index contributed by atoms with van der Waals surface area (Å²) >= 11 is 6.03. The molecular weight excluding hydrogens is 329 g/mol. The van der Waals surface area contributed by atoms with E-state index in [1.54, 1.807) is 0 Å². The number of halogens is 2.